The van der Waals surface area contributed by atoms with Crippen molar-refractivity contribution in [1.82, 2.24) is 10.3 Å². The number of hydrogen-bond donors (Lipinski definition) is 3. The van der Waals surface area contributed by atoms with E-state index in [1.165, 1.54) is 0 Å². The number of benzene rings is 1. The van der Waals surface area contributed by atoms with Gasteiger partial charge in [-0.1, -0.05) is 24.3 Å². The highest BCUT2D eigenvalue weighted by molar-refractivity contribution is 5.84. The third kappa shape index (κ3) is 2.44. The zero-order valence-corrected chi connectivity index (χ0v) is 9.67. The first kappa shape index (κ1) is 12.0. The van der Waals surface area contributed by atoms with Gasteiger partial charge in [0.25, 0.3) is 0 Å². The standard InChI is InChI=1S/C13H16N2O2/c1-14-8-12(16)13(17)11-7-15-6-9-4-2-3-5-10(9)11/h2-7,12-14,16-17H,8H2,1H3. The molecule has 0 bridgehead atoms. The third-order valence-corrected chi connectivity index (χ3v) is 2.80. The molecule has 0 saturated carbocycles. The average Bonchev–Trinajstić information content (AvgIpc) is 2.37. The first-order valence-corrected chi connectivity index (χ1v) is 5.57. The molecule has 90 valence electrons. The van der Waals surface area contributed by atoms with Crippen molar-refractivity contribution >= 4 is 10.8 Å². The number of nitrogens with one attached hydrogen (secondary N) is 1. The van der Waals surface area contributed by atoms with Crippen LogP contribution in [0.3, 0.4) is 0 Å². The first-order chi connectivity index (χ1) is 8.24. The van der Waals surface area contributed by atoms with Crippen molar-refractivity contribution in [2.24, 2.45) is 0 Å². The molecule has 0 radical (unpaired) electrons. The van der Waals surface area contributed by atoms with Crippen LogP contribution in [-0.2, 0) is 0 Å². The van der Waals surface area contributed by atoms with E-state index < -0.39 is 12.2 Å². The molecular formula is C13H16N2O2. The normalized spacial score (nSPS) is 14.8. The lowest BCUT2D eigenvalue weighted by atomic mass is 10.00. The summed E-state index contributed by atoms with van der Waals surface area (Å²) < 4.78 is 0. The second-order valence-corrected chi connectivity index (χ2v) is 4.02. The van der Waals surface area contributed by atoms with Crippen LogP contribution < -0.4 is 5.32 Å². The fraction of sp³-hybridized carbons (Fsp3) is 0.308. The molecule has 2 rings (SSSR count). The summed E-state index contributed by atoms with van der Waals surface area (Å²) in [7, 11) is 1.73. The summed E-state index contributed by atoms with van der Waals surface area (Å²) in [6.45, 7) is 0.338. The molecule has 1 heterocycles. The number of hydrogen-bond acceptors (Lipinski definition) is 4. The second kappa shape index (κ2) is 5.23. The Labute approximate surface area is 99.9 Å². The summed E-state index contributed by atoms with van der Waals surface area (Å²) >= 11 is 0. The van der Waals surface area contributed by atoms with Crippen molar-refractivity contribution in [3.05, 3.63) is 42.2 Å². The van der Waals surface area contributed by atoms with Crippen LogP contribution >= 0.6 is 0 Å². The van der Waals surface area contributed by atoms with E-state index in [2.05, 4.69) is 10.3 Å². The summed E-state index contributed by atoms with van der Waals surface area (Å²) in [5.41, 5.74) is 0.658. The van der Waals surface area contributed by atoms with E-state index >= 15 is 0 Å². The van der Waals surface area contributed by atoms with Crippen molar-refractivity contribution in [3.8, 4) is 0 Å². The highest BCUT2D eigenvalue weighted by Crippen LogP contribution is 2.24. The van der Waals surface area contributed by atoms with Crippen molar-refractivity contribution in [1.29, 1.82) is 0 Å². The van der Waals surface area contributed by atoms with E-state index in [0.717, 1.165) is 10.8 Å². The molecule has 17 heavy (non-hydrogen) atoms. The number of nitrogens with zero attached hydrogens (tertiary/aromatic N) is 1. The predicted molar refractivity (Wildman–Crippen MR) is 66.6 cm³/mol. The molecule has 4 nitrogen and oxygen atoms in total. The molecule has 0 aliphatic carbocycles. The monoisotopic (exact) mass is 232 g/mol. The highest BCUT2D eigenvalue weighted by Gasteiger charge is 2.19. The minimum Gasteiger partial charge on any atom is -0.389 e. The maximum atomic E-state index is 10.1. The fourth-order valence-corrected chi connectivity index (χ4v) is 1.90. The third-order valence-electron chi connectivity index (χ3n) is 2.80. The van der Waals surface area contributed by atoms with Gasteiger partial charge in [0.1, 0.15) is 6.10 Å². The van der Waals surface area contributed by atoms with Gasteiger partial charge in [-0.2, -0.15) is 0 Å². The van der Waals surface area contributed by atoms with E-state index in [0.29, 0.717) is 12.1 Å². The second-order valence-electron chi connectivity index (χ2n) is 4.02. The summed E-state index contributed by atoms with van der Waals surface area (Å²) in [4.78, 5) is 4.08. The zero-order valence-electron chi connectivity index (χ0n) is 9.67. The molecular weight excluding hydrogens is 216 g/mol. The van der Waals surface area contributed by atoms with Gasteiger partial charge >= 0.3 is 0 Å². The number of aliphatic hydroxyl groups is 2. The van der Waals surface area contributed by atoms with Crippen molar-refractivity contribution in [2.45, 2.75) is 12.2 Å². The van der Waals surface area contributed by atoms with Gasteiger partial charge in [0.2, 0.25) is 0 Å². The van der Waals surface area contributed by atoms with Gasteiger partial charge in [0.05, 0.1) is 6.10 Å². The van der Waals surface area contributed by atoms with Gasteiger partial charge in [0.15, 0.2) is 0 Å². The topological polar surface area (TPSA) is 65.4 Å². The first-order valence-electron chi connectivity index (χ1n) is 5.57. The Hall–Kier alpha value is -1.49. The van der Waals surface area contributed by atoms with Crippen LogP contribution in [0.15, 0.2) is 36.7 Å². The highest BCUT2D eigenvalue weighted by atomic mass is 16.3. The number of rotatable bonds is 4. The number of likely N-dealkylation sites (N-methyl/N-ethyl adjacent to an activating group) is 1. The maximum absolute atomic E-state index is 10.1. The van der Waals surface area contributed by atoms with E-state index in [-0.39, 0.29) is 0 Å². The maximum Gasteiger partial charge on any atom is 0.108 e. The predicted octanol–water partition coefficient (Wildman–Crippen LogP) is 0.848. The summed E-state index contributed by atoms with van der Waals surface area (Å²) in [6, 6.07) is 7.68. The molecule has 3 N–H and O–H groups in total. The van der Waals surface area contributed by atoms with Gasteiger partial charge < -0.3 is 15.5 Å². The Bertz CT molecular complexity index is 496. The largest absolute Gasteiger partial charge is 0.389 e. The van der Waals surface area contributed by atoms with Crippen LogP contribution in [0, 0.1) is 0 Å². The number of aromatic nitrogens is 1. The molecule has 2 atom stereocenters. The molecule has 1 aromatic heterocycles. The molecule has 2 aromatic rings. The Balaban J connectivity index is 2.41. The Morgan fingerprint density at radius 3 is 2.76 bits per heavy atom. The summed E-state index contributed by atoms with van der Waals surface area (Å²) in [5.74, 6) is 0. The Kier molecular flexibility index (Phi) is 3.68. The van der Waals surface area contributed by atoms with Crippen LogP contribution in [0.25, 0.3) is 10.8 Å². The van der Waals surface area contributed by atoms with Gasteiger partial charge in [-0.15, -0.1) is 0 Å². The number of fused-ring (bicyclic) bond motifs is 1. The van der Waals surface area contributed by atoms with Gasteiger partial charge in [-0.05, 0) is 12.4 Å². The van der Waals surface area contributed by atoms with Crippen LogP contribution in [0.5, 0.6) is 0 Å². The smallest absolute Gasteiger partial charge is 0.108 e. The SMILES string of the molecule is CNCC(O)C(O)c1cncc2ccccc12. The van der Waals surface area contributed by atoms with E-state index in [4.69, 9.17) is 0 Å². The number of pyridine rings is 1. The average molecular weight is 232 g/mol. The van der Waals surface area contributed by atoms with Gasteiger partial charge in [0, 0.05) is 29.9 Å². The minimum absolute atomic E-state index is 0.338. The minimum atomic E-state index is -0.930. The zero-order chi connectivity index (χ0) is 12.3. The Morgan fingerprint density at radius 1 is 1.24 bits per heavy atom. The lowest BCUT2D eigenvalue weighted by molar-refractivity contribution is 0.0209. The van der Waals surface area contributed by atoms with Crippen LogP contribution in [0.2, 0.25) is 0 Å². The van der Waals surface area contributed by atoms with E-state index in [9.17, 15) is 10.2 Å². The van der Waals surface area contributed by atoms with Crippen molar-refractivity contribution in [2.75, 3.05) is 13.6 Å². The molecule has 0 amide bonds. The number of aliphatic hydroxyl groups excluding tert-OH is 2. The lowest BCUT2D eigenvalue weighted by Gasteiger charge is -2.18. The van der Waals surface area contributed by atoms with Gasteiger partial charge in [-0.3, -0.25) is 4.98 Å². The molecule has 1 aromatic carbocycles. The molecule has 4 heteroatoms. The van der Waals surface area contributed by atoms with Gasteiger partial charge in [-0.25, -0.2) is 0 Å². The summed E-state index contributed by atoms with van der Waals surface area (Å²) in [6.07, 6.45) is 1.58. The molecule has 0 spiro atoms. The Morgan fingerprint density at radius 2 is 2.00 bits per heavy atom. The van der Waals surface area contributed by atoms with Crippen LogP contribution in [-0.4, -0.2) is 34.9 Å². The quantitative estimate of drug-likeness (QED) is 0.731. The van der Waals surface area contributed by atoms with Crippen LogP contribution in [0.4, 0.5) is 0 Å². The van der Waals surface area contributed by atoms with E-state index in [1.54, 1.807) is 19.4 Å². The molecule has 0 fully saturated rings. The summed E-state index contributed by atoms with van der Waals surface area (Å²) in [5, 5.41) is 24.6. The fourth-order valence-electron chi connectivity index (χ4n) is 1.90. The van der Waals surface area contributed by atoms with Crippen molar-refractivity contribution < 1.29 is 10.2 Å². The van der Waals surface area contributed by atoms with Crippen molar-refractivity contribution in [3.63, 3.8) is 0 Å². The molecule has 2 unspecified atom stereocenters. The van der Waals surface area contributed by atoms with Crippen LogP contribution in [0.1, 0.15) is 11.7 Å². The lowest BCUT2D eigenvalue weighted by Crippen LogP contribution is -2.29. The molecule has 0 aliphatic heterocycles. The van der Waals surface area contributed by atoms with E-state index in [1.807, 2.05) is 24.3 Å². The molecule has 0 saturated heterocycles. The molecule has 0 aliphatic rings.